The summed E-state index contributed by atoms with van der Waals surface area (Å²) in [4.78, 5) is 13.7. The molecule has 2 N–H and O–H groups in total. The van der Waals surface area contributed by atoms with Crippen LogP contribution in [0.25, 0.3) is 10.4 Å². The van der Waals surface area contributed by atoms with Crippen molar-refractivity contribution in [1.29, 1.82) is 0 Å². The Kier molecular flexibility index (Phi) is 4.50. The van der Waals surface area contributed by atoms with E-state index in [1.54, 1.807) is 18.2 Å². The summed E-state index contributed by atoms with van der Waals surface area (Å²) in [5, 5.41) is 11.7. The molecule has 0 unspecified atom stereocenters. The van der Waals surface area contributed by atoms with Crippen molar-refractivity contribution in [2.45, 2.75) is 6.61 Å². The monoisotopic (exact) mass is 327 g/mol. The van der Waals surface area contributed by atoms with Gasteiger partial charge in [0.25, 0.3) is 5.91 Å². The second-order valence-corrected chi connectivity index (χ2v) is 6.07. The van der Waals surface area contributed by atoms with Gasteiger partial charge in [-0.1, -0.05) is 30.3 Å². The number of halogens is 1. The van der Waals surface area contributed by atoms with E-state index in [0.717, 1.165) is 16.0 Å². The van der Waals surface area contributed by atoms with Crippen LogP contribution in [0.4, 0.5) is 10.1 Å². The van der Waals surface area contributed by atoms with Gasteiger partial charge < -0.3 is 10.4 Å². The maximum absolute atomic E-state index is 13.1. The van der Waals surface area contributed by atoms with Crippen LogP contribution in [0.2, 0.25) is 0 Å². The number of anilines is 1. The van der Waals surface area contributed by atoms with E-state index in [1.807, 2.05) is 30.3 Å². The molecule has 0 atom stereocenters. The third kappa shape index (κ3) is 3.64. The lowest BCUT2D eigenvalue weighted by Gasteiger charge is -2.03. The number of aliphatic hydroxyl groups is 1. The zero-order valence-electron chi connectivity index (χ0n) is 12.1. The quantitative estimate of drug-likeness (QED) is 0.750. The van der Waals surface area contributed by atoms with E-state index in [0.29, 0.717) is 10.6 Å². The van der Waals surface area contributed by atoms with Crippen LogP contribution in [0.3, 0.4) is 0 Å². The number of carbonyl (C=O) groups is 1. The molecule has 0 aliphatic heterocycles. The molecule has 1 heterocycles. The number of hydrogen-bond donors (Lipinski definition) is 2. The Balaban J connectivity index is 1.76. The Labute approximate surface area is 137 Å². The highest BCUT2D eigenvalue weighted by molar-refractivity contribution is 7.17. The minimum atomic E-state index is -0.390. The Hall–Kier alpha value is -2.50. The second kappa shape index (κ2) is 6.73. The van der Waals surface area contributed by atoms with Gasteiger partial charge in [0.2, 0.25) is 0 Å². The van der Waals surface area contributed by atoms with E-state index in [-0.39, 0.29) is 12.5 Å². The first-order valence-corrected chi connectivity index (χ1v) is 7.84. The zero-order valence-corrected chi connectivity index (χ0v) is 12.9. The van der Waals surface area contributed by atoms with Crippen molar-refractivity contribution in [3.05, 3.63) is 76.9 Å². The van der Waals surface area contributed by atoms with E-state index in [2.05, 4.69) is 5.32 Å². The molecule has 2 aromatic carbocycles. The maximum Gasteiger partial charge on any atom is 0.265 e. The van der Waals surface area contributed by atoms with Gasteiger partial charge in [0.15, 0.2) is 0 Å². The minimum Gasteiger partial charge on any atom is -0.392 e. The summed E-state index contributed by atoms with van der Waals surface area (Å²) in [5.41, 5.74) is 2.25. The summed E-state index contributed by atoms with van der Waals surface area (Å²) in [5.74, 6) is -0.655. The highest BCUT2D eigenvalue weighted by Crippen LogP contribution is 2.29. The predicted molar refractivity (Wildman–Crippen MR) is 90.0 cm³/mol. The maximum atomic E-state index is 13.1. The fourth-order valence-corrected chi connectivity index (χ4v) is 3.06. The number of thiophene rings is 1. The van der Waals surface area contributed by atoms with Gasteiger partial charge in [-0.05, 0) is 41.5 Å². The summed E-state index contributed by atoms with van der Waals surface area (Å²) < 4.78 is 13.1. The van der Waals surface area contributed by atoms with Gasteiger partial charge in [0.05, 0.1) is 11.5 Å². The molecule has 3 rings (SSSR count). The van der Waals surface area contributed by atoms with E-state index >= 15 is 0 Å². The van der Waals surface area contributed by atoms with Crippen LogP contribution in [0.5, 0.6) is 0 Å². The number of carbonyl (C=O) groups excluding carboxylic acids is 1. The van der Waals surface area contributed by atoms with E-state index in [4.69, 9.17) is 5.11 Å². The standard InChI is InChI=1S/C18H14FNO2S/c19-14-2-1-3-15(10-14)20-18(22)17-9-8-16(23-17)13-6-4-12(11-21)5-7-13/h1-10,21H,11H2,(H,20,22). The first kappa shape index (κ1) is 15.4. The number of benzene rings is 2. The first-order valence-electron chi connectivity index (χ1n) is 7.02. The van der Waals surface area contributed by atoms with E-state index in [9.17, 15) is 9.18 Å². The normalized spacial score (nSPS) is 10.5. The van der Waals surface area contributed by atoms with Crippen molar-refractivity contribution in [2.75, 3.05) is 5.32 Å². The smallest absolute Gasteiger partial charge is 0.265 e. The van der Waals surface area contributed by atoms with Crippen LogP contribution >= 0.6 is 11.3 Å². The molecular formula is C18H14FNO2S. The molecule has 0 bridgehead atoms. The molecule has 23 heavy (non-hydrogen) atoms. The number of amides is 1. The van der Waals surface area contributed by atoms with Crippen LogP contribution in [-0.4, -0.2) is 11.0 Å². The summed E-state index contributed by atoms with van der Waals surface area (Å²) >= 11 is 1.36. The van der Waals surface area contributed by atoms with Crippen LogP contribution in [-0.2, 0) is 6.61 Å². The molecule has 5 heteroatoms. The molecule has 0 saturated carbocycles. The molecule has 1 amide bonds. The Morgan fingerprint density at radius 3 is 2.57 bits per heavy atom. The Morgan fingerprint density at radius 1 is 1.09 bits per heavy atom. The number of nitrogens with one attached hydrogen (secondary N) is 1. The van der Waals surface area contributed by atoms with Crippen molar-refractivity contribution in [1.82, 2.24) is 0 Å². The van der Waals surface area contributed by atoms with Crippen molar-refractivity contribution in [3.63, 3.8) is 0 Å². The van der Waals surface area contributed by atoms with Crippen molar-refractivity contribution in [2.24, 2.45) is 0 Å². The molecule has 0 spiro atoms. The molecule has 3 nitrogen and oxygen atoms in total. The van der Waals surface area contributed by atoms with Gasteiger partial charge in [-0.15, -0.1) is 11.3 Å². The largest absolute Gasteiger partial charge is 0.392 e. The summed E-state index contributed by atoms with van der Waals surface area (Å²) in [7, 11) is 0. The van der Waals surface area contributed by atoms with Gasteiger partial charge in [-0.25, -0.2) is 4.39 Å². The Morgan fingerprint density at radius 2 is 1.87 bits per heavy atom. The van der Waals surface area contributed by atoms with Gasteiger partial charge in [-0.3, -0.25) is 4.79 Å². The van der Waals surface area contributed by atoms with Gasteiger partial charge >= 0.3 is 0 Å². The lowest BCUT2D eigenvalue weighted by molar-refractivity contribution is 0.103. The van der Waals surface area contributed by atoms with Crippen LogP contribution in [0.15, 0.2) is 60.7 Å². The lowest BCUT2D eigenvalue weighted by Crippen LogP contribution is -2.09. The third-order valence-electron chi connectivity index (χ3n) is 3.33. The average molecular weight is 327 g/mol. The molecule has 0 fully saturated rings. The SMILES string of the molecule is O=C(Nc1cccc(F)c1)c1ccc(-c2ccc(CO)cc2)s1. The molecule has 0 aliphatic carbocycles. The second-order valence-electron chi connectivity index (χ2n) is 4.98. The van der Waals surface area contributed by atoms with Gasteiger partial charge in [-0.2, -0.15) is 0 Å². The predicted octanol–water partition coefficient (Wildman–Crippen LogP) is 4.30. The van der Waals surface area contributed by atoms with Gasteiger partial charge in [0, 0.05) is 10.6 Å². The molecule has 3 aromatic rings. The van der Waals surface area contributed by atoms with Crippen molar-refractivity contribution >= 4 is 22.9 Å². The fraction of sp³-hybridized carbons (Fsp3) is 0.0556. The van der Waals surface area contributed by atoms with Gasteiger partial charge in [0.1, 0.15) is 5.82 Å². The topological polar surface area (TPSA) is 49.3 Å². The zero-order chi connectivity index (χ0) is 16.2. The van der Waals surface area contributed by atoms with Crippen LogP contribution in [0, 0.1) is 5.82 Å². The number of aliphatic hydroxyl groups excluding tert-OH is 1. The van der Waals surface area contributed by atoms with Crippen molar-refractivity contribution < 1.29 is 14.3 Å². The van der Waals surface area contributed by atoms with Crippen molar-refractivity contribution in [3.8, 4) is 10.4 Å². The average Bonchev–Trinajstić information content (AvgIpc) is 3.05. The van der Waals surface area contributed by atoms with Crippen LogP contribution in [0.1, 0.15) is 15.2 Å². The number of hydrogen-bond acceptors (Lipinski definition) is 3. The first-order chi connectivity index (χ1) is 11.2. The van der Waals surface area contributed by atoms with Crippen LogP contribution < -0.4 is 5.32 Å². The lowest BCUT2D eigenvalue weighted by atomic mass is 10.1. The molecule has 0 aliphatic rings. The Bertz CT molecular complexity index is 827. The summed E-state index contributed by atoms with van der Waals surface area (Å²) in [6.45, 7) is 0.00596. The molecule has 1 aromatic heterocycles. The molecule has 0 radical (unpaired) electrons. The van der Waals surface area contributed by atoms with E-state index < -0.39 is 5.82 Å². The number of rotatable bonds is 4. The molecular weight excluding hydrogens is 313 g/mol. The highest BCUT2D eigenvalue weighted by Gasteiger charge is 2.11. The summed E-state index contributed by atoms with van der Waals surface area (Å²) in [6.07, 6.45) is 0. The molecule has 0 saturated heterocycles. The summed E-state index contributed by atoms with van der Waals surface area (Å²) in [6, 6.07) is 16.9. The fourth-order valence-electron chi connectivity index (χ4n) is 2.15. The highest BCUT2D eigenvalue weighted by atomic mass is 32.1. The van der Waals surface area contributed by atoms with E-state index in [1.165, 1.54) is 23.5 Å². The minimum absolute atomic E-state index is 0.00596. The third-order valence-corrected chi connectivity index (χ3v) is 4.47. The molecule has 116 valence electrons.